The van der Waals surface area contributed by atoms with Gasteiger partial charge in [0.05, 0.1) is 0 Å². The third-order valence-corrected chi connectivity index (χ3v) is 5.70. The molecule has 0 aliphatic carbocycles. The molecule has 6 heteroatoms. The van der Waals surface area contributed by atoms with Crippen molar-refractivity contribution < 1.29 is 19.4 Å². The number of phenolic OH excluding ortho intramolecular Hbond substituents is 2. The van der Waals surface area contributed by atoms with Crippen LogP contribution in [0.15, 0.2) is 51.7 Å². The molecule has 0 unspecified atom stereocenters. The van der Waals surface area contributed by atoms with Crippen LogP contribution < -0.4 is 5.63 Å². The minimum Gasteiger partial charge on any atom is -0.504 e. The standard InChI is InChI=1S/C23H23NO5/c1-2-14-4-3-5-16(12-14)15-8-10-24(11-9-15)22(27)18-13-17-6-7-19(25)20(26)21(17)29-23(18)28/h3-7,12-13,15,25-26H,2,8-11H2,1H3. The Morgan fingerprint density at radius 3 is 2.62 bits per heavy atom. The maximum Gasteiger partial charge on any atom is 0.349 e. The molecule has 0 bridgehead atoms. The summed E-state index contributed by atoms with van der Waals surface area (Å²) in [4.78, 5) is 26.9. The molecule has 1 aliphatic heterocycles. The summed E-state index contributed by atoms with van der Waals surface area (Å²) in [7, 11) is 0. The molecule has 0 atom stereocenters. The zero-order valence-electron chi connectivity index (χ0n) is 16.2. The van der Waals surface area contributed by atoms with Crippen LogP contribution in [0.5, 0.6) is 11.5 Å². The van der Waals surface area contributed by atoms with Crippen molar-refractivity contribution in [2.45, 2.75) is 32.1 Å². The van der Waals surface area contributed by atoms with Gasteiger partial charge in [-0.25, -0.2) is 4.79 Å². The van der Waals surface area contributed by atoms with Crippen LogP contribution >= 0.6 is 0 Å². The van der Waals surface area contributed by atoms with Crippen molar-refractivity contribution in [2.24, 2.45) is 0 Å². The minimum atomic E-state index is -0.818. The number of hydrogen-bond acceptors (Lipinski definition) is 5. The van der Waals surface area contributed by atoms with Crippen LogP contribution in [-0.4, -0.2) is 34.1 Å². The lowest BCUT2D eigenvalue weighted by Gasteiger charge is -2.32. The molecule has 2 heterocycles. The van der Waals surface area contributed by atoms with Crippen LogP contribution in [0.4, 0.5) is 0 Å². The zero-order chi connectivity index (χ0) is 20.5. The number of rotatable bonds is 3. The summed E-state index contributed by atoms with van der Waals surface area (Å²) in [5.41, 5.74) is 1.61. The normalized spacial score (nSPS) is 15.0. The number of likely N-dealkylation sites (tertiary alicyclic amines) is 1. The predicted octanol–water partition coefficient (Wildman–Crippen LogP) is 3.79. The van der Waals surface area contributed by atoms with E-state index < -0.39 is 11.4 Å². The highest BCUT2D eigenvalue weighted by Crippen LogP contribution is 2.33. The number of hydrogen-bond donors (Lipinski definition) is 2. The van der Waals surface area contributed by atoms with Crippen molar-refractivity contribution in [1.82, 2.24) is 4.90 Å². The van der Waals surface area contributed by atoms with Gasteiger partial charge in [-0.2, -0.15) is 0 Å². The first-order chi connectivity index (χ1) is 14.0. The first-order valence-corrected chi connectivity index (χ1v) is 9.85. The number of aromatic hydroxyl groups is 2. The van der Waals surface area contributed by atoms with Crippen LogP contribution in [0.3, 0.4) is 0 Å². The molecule has 2 N–H and O–H groups in total. The lowest BCUT2D eigenvalue weighted by Crippen LogP contribution is -2.39. The maximum atomic E-state index is 12.9. The van der Waals surface area contributed by atoms with Gasteiger partial charge in [0.25, 0.3) is 5.91 Å². The van der Waals surface area contributed by atoms with E-state index in [2.05, 4.69) is 31.2 Å². The molecule has 29 heavy (non-hydrogen) atoms. The van der Waals surface area contributed by atoms with Crippen molar-refractivity contribution in [2.75, 3.05) is 13.1 Å². The van der Waals surface area contributed by atoms with Crippen molar-refractivity contribution in [3.8, 4) is 11.5 Å². The number of amides is 1. The fourth-order valence-corrected chi connectivity index (χ4v) is 3.96. The second-order valence-electron chi connectivity index (χ2n) is 7.46. The molecule has 1 amide bonds. The van der Waals surface area contributed by atoms with E-state index in [1.807, 2.05) is 0 Å². The highest BCUT2D eigenvalue weighted by molar-refractivity contribution is 5.97. The highest BCUT2D eigenvalue weighted by atomic mass is 16.4. The molecular weight excluding hydrogens is 370 g/mol. The highest BCUT2D eigenvalue weighted by Gasteiger charge is 2.27. The van der Waals surface area contributed by atoms with Crippen LogP contribution in [0.1, 0.15) is 47.2 Å². The molecule has 1 fully saturated rings. The van der Waals surface area contributed by atoms with Crippen molar-refractivity contribution in [3.63, 3.8) is 0 Å². The van der Waals surface area contributed by atoms with E-state index in [0.29, 0.717) is 24.4 Å². The Bertz CT molecular complexity index is 1130. The summed E-state index contributed by atoms with van der Waals surface area (Å²) in [6.45, 7) is 3.27. The Morgan fingerprint density at radius 1 is 1.14 bits per heavy atom. The third kappa shape index (κ3) is 3.58. The molecular formula is C23H23NO5. The molecule has 4 rings (SSSR count). The number of carbonyl (C=O) groups excluding carboxylic acids is 1. The topological polar surface area (TPSA) is 91.0 Å². The fourth-order valence-electron chi connectivity index (χ4n) is 3.96. The van der Waals surface area contributed by atoms with Crippen LogP contribution in [0.2, 0.25) is 0 Å². The maximum absolute atomic E-state index is 12.9. The van der Waals surface area contributed by atoms with E-state index in [9.17, 15) is 19.8 Å². The quantitative estimate of drug-likeness (QED) is 0.522. The van der Waals surface area contributed by atoms with E-state index >= 15 is 0 Å². The number of aryl methyl sites for hydroxylation is 1. The van der Waals surface area contributed by atoms with Gasteiger partial charge in [-0.15, -0.1) is 0 Å². The molecule has 1 aromatic heterocycles. The summed E-state index contributed by atoms with van der Waals surface area (Å²) in [5, 5.41) is 19.8. The summed E-state index contributed by atoms with van der Waals surface area (Å²) in [6.07, 6.45) is 2.68. The Kier molecular flexibility index (Phi) is 5.01. The van der Waals surface area contributed by atoms with Crippen molar-refractivity contribution in [3.05, 3.63) is 69.6 Å². The molecule has 0 radical (unpaired) electrons. The second kappa shape index (κ2) is 7.62. The number of piperidine rings is 1. The Balaban J connectivity index is 1.53. The van der Waals surface area contributed by atoms with E-state index in [-0.39, 0.29) is 22.8 Å². The number of phenols is 2. The van der Waals surface area contributed by atoms with E-state index in [1.54, 1.807) is 4.90 Å². The van der Waals surface area contributed by atoms with Gasteiger partial charge >= 0.3 is 5.63 Å². The molecule has 1 aliphatic rings. The summed E-state index contributed by atoms with van der Waals surface area (Å²) < 4.78 is 5.12. The summed E-state index contributed by atoms with van der Waals surface area (Å²) >= 11 is 0. The molecule has 6 nitrogen and oxygen atoms in total. The molecule has 1 saturated heterocycles. The molecule has 3 aromatic rings. The first kappa shape index (κ1) is 19.1. The lowest BCUT2D eigenvalue weighted by atomic mass is 9.88. The smallest absolute Gasteiger partial charge is 0.349 e. The van der Waals surface area contributed by atoms with Crippen molar-refractivity contribution in [1.29, 1.82) is 0 Å². The van der Waals surface area contributed by atoms with Crippen LogP contribution in [0.25, 0.3) is 11.0 Å². The lowest BCUT2D eigenvalue weighted by molar-refractivity contribution is 0.0709. The Morgan fingerprint density at radius 2 is 1.90 bits per heavy atom. The van der Waals surface area contributed by atoms with E-state index in [4.69, 9.17) is 4.42 Å². The minimum absolute atomic E-state index is 0.0611. The first-order valence-electron chi connectivity index (χ1n) is 9.85. The van der Waals surface area contributed by atoms with Gasteiger partial charge in [0, 0.05) is 18.5 Å². The summed E-state index contributed by atoms with van der Waals surface area (Å²) in [6, 6.07) is 12.8. The van der Waals surface area contributed by atoms with Gasteiger partial charge in [-0.05, 0) is 54.5 Å². The summed E-state index contributed by atoms with van der Waals surface area (Å²) in [5.74, 6) is -0.852. The van der Waals surface area contributed by atoms with Gasteiger partial charge in [0.15, 0.2) is 11.3 Å². The van der Waals surface area contributed by atoms with Crippen molar-refractivity contribution >= 4 is 16.9 Å². The largest absolute Gasteiger partial charge is 0.504 e. The average Bonchev–Trinajstić information content (AvgIpc) is 2.76. The molecule has 150 valence electrons. The zero-order valence-corrected chi connectivity index (χ0v) is 16.2. The number of fused-ring (bicyclic) bond motifs is 1. The van der Waals surface area contributed by atoms with Gasteiger partial charge in [-0.3, -0.25) is 4.79 Å². The molecule has 0 spiro atoms. The Labute approximate surface area is 168 Å². The van der Waals surface area contributed by atoms with Crippen LogP contribution in [0, 0.1) is 0 Å². The van der Waals surface area contributed by atoms with Gasteiger partial charge < -0.3 is 19.5 Å². The monoisotopic (exact) mass is 393 g/mol. The average molecular weight is 393 g/mol. The molecule has 2 aromatic carbocycles. The van der Waals surface area contributed by atoms with Gasteiger partial charge in [0.1, 0.15) is 5.56 Å². The van der Waals surface area contributed by atoms with E-state index in [0.717, 1.165) is 19.3 Å². The number of benzene rings is 2. The van der Waals surface area contributed by atoms with Gasteiger partial charge in [0.2, 0.25) is 5.75 Å². The second-order valence-corrected chi connectivity index (χ2v) is 7.46. The van der Waals surface area contributed by atoms with E-state index in [1.165, 1.54) is 29.3 Å². The van der Waals surface area contributed by atoms with Crippen LogP contribution in [-0.2, 0) is 6.42 Å². The van der Waals surface area contributed by atoms with Gasteiger partial charge in [-0.1, -0.05) is 31.2 Å². The SMILES string of the molecule is CCc1cccc(C2CCN(C(=O)c3cc4ccc(O)c(O)c4oc3=O)CC2)c1. The fraction of sp³-hybridized carbons (Fsp3) is 0.304. The predicted molar refractivity (Wildman–Crippen MR) is 110 cm³/mol. The Hall–Kier alpha value is -3.28. The number of carbonyl (C=O) groups is 1. The number of nitrogens with zero attached hydrogens (tertiary/aromatic N) is 1. The third-order valence-electron chi connectivity index (χ3n) is 5.70. The molecule has 0 saturated carbocycles.